The van der Waals surface area contributed by atoms with Crippen molar-refractivity contribution in [2.24, 2.45) is 0 Å². The third kappa shape index (κ3) is 3.24. The van der Waals surface area contributed by atoms with Gasteiger partial charge in [-0.15, -0.1) is 0 Å². The van der Waals surface area contributed by atoms with Gasteiger partial charge in [-0.3, -0.25) is 9.59 Å². The van der Waals surface area contributed by atoms with Crippen molar-refractivity contribution in [1.29, 1.82) is 0 Å². The number of carbonyl (C=O) groups is 2. The predicted octanol–water partition coefficient (Wildman–Crippen LogP) is 0.761. The molecule has 1 heterocycles. The zero-order valence-electron chi connectivity index (χ0n) is 11.3. The summed E-state index contributed by atoms with van der Waals surface area (Å²) in [4.78, 5) is 25.1. The van der Waals surface area contributed by atoms with E-state index in [1.165, 1.54) is 0 Å². The number of para-hydroxylation sites is 1. The van der Waals surface area contributed by atoms with Crippen molar-refractivity contribution in [1.82, 2.24) is 10.6 Å². The largest absolute Gasteiger partial charge is 0.377 e. The molecule has 2 N–H and O–H groups in total. The van der Waals surface area contributed by atoms with Gasteiger partial charge in [-0.2, -0.15) is 0 Å². The van der Waals surface area contributed by atoms with E-state index in [2.05, 4.69) is 10.6 Å². The summed E-state index contributed by atoms with van der Waals surface area (Å²) in [6, 6.07) is 7.52. The summed E-state index contributed by atoms with van der Waals surface area (Å²) in [7, 11) is 3.81. The van der Waals surface area contributed by atoms with Crippen molar-refractivity contribution in [3.8, 4) is 0 Å². The van der Waals surface area contributed by atoms with E-state index in [1.54, 1.807) is 6.07 Å². The van der Waals surface area contributed by atoms with Crippen LogP contribution in [0.3, 0.4) is 0 Å². The second-order valence-electron chi connectivity index (χ2n) is 4.92. The van der Waals surface area contributed by atoms with Crippen molar-refractivity contribution in [2.45, 2.75) is 18.9 Å². The lowest BCUT2D eigenvalue weighted by Gasteiger charge is -2.18. The smallest absolute Gasteiger partial charge is 0.253 e. The van der Waals surface area contributed by atoms with Crippen molar-refractivity contribution in [2.75, 3.05) is 25.5 Å². The van der Waals surface area contributed by atoms with Crippen molar-refractivity contribution in [3.05, 3.63) is 29.8 Å². The number of nitrogens with one attached hydrogen (secondary N) is 2. The SMILES string of the molecule is CN(C)c1ccccc1C(=O)NCC1CCC(=O)N1. The fourth-order valence-electron chi connectivity index (χ4n) is 2.20. The van der Waals surface area contributed by atoms with Crippen LogP contribution in [0.1, 0.15) is 23.2 Å². The highest BCUT2D eigenvalue weighted by Crippen LogP contribution is 2.17. The Morgan fingerprint density at radius 1 is 1.42 bits per heavy atom. The molecule has 102 valence electrons. The molecule has 5 nitrogen and oxygen atoms in total. The van der Waals surface area contributed by atoms with Gasteiger partial charge in [0.25, 0.3) is 5.91 Å². The standard InChI is InChI=1S/C14H19N3O2/c1-17(2)12-6-4-3-5-11(12)14(19)15-9-10-7-8-13(18)16-10/h3-6,10H,7-9H2,1-2H3,(H,15,19)(H,16,18). The summed E-state index contributed by atoms with van der Waals surface area (Å²) in [6.45, 7) is 0.479. The highest BCUT2D eigenvalue weighted by Gasteiger charge is 2.21. The molecule has 2 rings (SSSR count). The van der Waals surface area contributed by atoms with Gasteiger partial charge in [0.05, 0.1) is 5.56 Å². The van der Waals surface area contributed by atoms with Crippen LogP contribution >= 0.6 is 0 Å². The Hall–Kier alpha value is -2.04. The van der Waals surface area contributed by atoms with Gasteiger partial charge >= 0.3 is 0 Å². The van der Waals surface area contributed by atoms with Crippen molar-refractivity contribution < 1.29 is 9.59 Å². The van der Waals surface area contributed by atoms with Crippen LogP contribution in [-0.2, 0) is 4.79 Å². The van der Waals surface area contributed by atoms with Crippen LogP contribution in [0.4, 0.5) is 5.69 Å². The Labute approximate surface area is 113 Å². The second kappa shape index (κ2) is 5.73. The second-order valence-corrected chi connectivity index (χ2v) is 4.92. The third-order valence-electron chi connectivity index (χ3n) is 3.22. The molecule has 19 heavy (non-hydrogen) atoms. The van der Waals surface area contributed by atoms with Crippen LogP contribution in [0.5, 0.6) is 0 Å². The first-order chi connectivity index (χ1) is 9.08. The van der Waals surface area contributed by atoms with Gasteiger partial charge in [0, 0.05) is 38.8 Å². The Morgan fingerprint density at radius 2 is 2.16 bits per heavy atom. The van der Waals surface area contributed by atoms with Crippen LogP contribution in [0, 0.1) is 0 Å². The number of rotatable bonds is 4. The zero-order valence-corrected chi connectivity index (χ0v) is 11.3. The minimum Gasteiger partial charge on any atom is -0.377 e. The van der Waals surface area contributed by atoms with Crippen LogP contribution in [0.2, 0.25) is 0 Å². The highest BCUT2D eigenvalue weighted by molar-refractivity contribution is 5.99. The molecule has 1 fully saturated rings. The van der Waals surface area contributed by atoms with Crippen molar-refractivity contribution >= 4 is 17.5 Å². The Balaban J connectivity index is 1.98. The minimum atomic E-state index is -0.106. The predicted molar refractivity (Wildman–Crippen MR) is 74.3 cm³/mol. The number of anilines is 1. The van der Waals surface area contributed by atoms with E-state index in [0.717, 1.165) is 12.1 Å². The maximum atomic E-state index is 12.2. The molecule has 1 atom stereocenters. The summed E-state index contributed by atoms with van der Waals surface area (Å²) in [5.74, 6) is -0.0432. The molecule has 0 saturated carbocycles. The first-order valence-electron chi connectivity index (χ1n) is 6.42. The van der Waals surface area contributed by atoms with Gasteiger partial charge in [0.2, 0.25) is 5.91 Å². The molecule has 1 aliphatic heterocycles. The van der Waals surface area contributed by atoms with Crippen LogP contribution in [0.25, 0.3) is 0 Å². The monoisotopic (exact) mass is 261 g/mol. The molecule has 0 radical (unpaired) electrons. The van der Waals surface area contributed by atoms with Gasteiger partial charge in [-0.05, 0) is 18.6 Å². The lowest BCUT2D eigenvalue weighted by atomic mass is 10.1. The number of hydrogen-bond acceptors (Lipinski definition) is 3. The number of hydrogen-bond donors (Lipinski definition) is 2. The zero-order chi connectivity index (χ0) is 13.8. The van der Waals surface area contributed by atoms with E-state index in [1.807, 2.05) is 37.2 Å². The number of carbonyl (C=O) groups excluding carboxylic acids is 2. The molecular formula is C14H19N3O2. The molecule has 1 aromatic rings. The summed E-state index contributed by atoms with van der Waals surface area (Å²) < 4.78 is 0. The Morgan fingerprint density at radius 3 is 2.79 bits per heavy atom. The quantitative estimate of drug-likeness (QED) is 0.841. The number of amides is 2. The van der Waals surface area contributed by atoms with E-state index in [-0.39, 0.29) is 17.9 Å². The van der Waals surface area contributed by atoms with E-state index in [0.29, 0.717) is 18.5 Å². The molecule has 1 saturated heterocycles. The van der Waals surface area contributed by atoms with Gasteiger partial charge in [0.1, 0.15) is 0 Å². The molecule has 5 heteroatoms. The lowest BCUT2D eigenvalue weighted by Crippen LogP contribution is -2.38. The van der Waals surface area contributed by atoms with Gasteiger partial charge in [-0.1, -0.05) is 12.1 Å². The van der Waals surface area contributed by atoms with E-state index in [9.17, 15) is 9.59 Å². The normalized spacial score (nSPS) is 18.0. The first kappa shape index (κ1) is 13.4. The van der Waals surface area contributed by atoms with Crippen molar-refractivity contribution in [3.63, 3.8) is 0 Å². The van der Waals surface area contributed by atoms with Crippen LogP contribution < -0.4 is 15.5 Å². The third-order valence-corrected chi connectivity index (χ3v) is 3.22. The molecule has 0 aromatic heterocycles. The molecule has 0 spiro atoms. The topological polar surface area (TPSA) is 61.4 Å². The van der Waals surface area contributed by atoms with Gasteiger partial charge < -0.3 is 15.5 Å². The van der Waals surface area contributed by atoms with Gasteiger partial charge in [0.15, 0.2) is 0 Å². The lowest BCUT2D eigenvalue weighted by molar-refractivity contribution is -0.119. The molecule has 2 amide bonds. The highest BCUT2D eigenvalue weighted by atomic mass is 16.2. The van der Waals surface area contributed by atoms with E-state index in [4.69, 9.17) is 0 Å². The fraction of sp³-hybridized carbons (Fsp3) is 0.429. The van der Waals surface area contributed by atoms with Gasteiger partial charge in [-0.25, -0.2) is 0 Å². The summed E-state index contributed by atoms with van der Waals surface area (Å²) in [5.41, 5.74) is 1.53. The minimum absolute atomic E-state index is 0.0583. The van der Waals surface area contributed by atoms with E-state index >= 15 is 0 Å². The average Bonchev–Trinajstić information content (AvgIpc) is 2.81. The number of nitrogens with zero attached hydrogens (tertiary/aromatic N) is 1. The molecule has 0 aliphatic carbocycles. The van der Waals surface area contributed by atoms with Crippen LogP contribution in [-0.4, -0.2) is 38.5 Å². The summed E-state index contributed by atoms with van der Waals surface area (Å²) in [5, 5.41) is 5.71. The maximum absolute atomic E-state index is 12.2. The van der Waals surface area contributed by atoms with E-state index < -0.39 is 0 Å². The van der Waals surface area contributed by atoms with Crippen LogP contribution in [0.15, 0.2) is 24.3 Å². The summed E-state index contributed by atoms with van der Waals surface area (Å²) >= 11 is 0. The maximum Gasteiger partial charge on any atom is 0.253 e. The number of benzene rings is 1. The molecule has 1 aromatic carbocycles. The molecule has 1 aliphatic rings. The first-order valence-corrected chi connectivity index (χ1v) is 6.42. The Kier molecular flexibility index (Phi) is 4.04. The fourth-order valence-corrected chi connectivity index (χ4v) is 2.20. The molecule has 0 bridgehead atoms. The summed E-state index contributed by atoms with van der Waals surface area (Å²) in [6.07, 6.45) is 1.34. The Bertz CT molecular complexity index is 485. The molecule has 1 unspecified atom stereocenters. The average molecular weight is 261 g/mol. The molecular weight excluding hydrogens is 242 g/mol.